The highest BCUT2D eigenvalue weighted by atomic mass is 16.5. The minimum Gasteiger partial charge on any atom is -0.497 e. The molecule has 1 saturated heterocycles. The molecule has 2 aromatic rings. The molecule has 0 unspecified atom stereocenters. The summed E-state index contributed by atoms with van der Waals surface area (Å²) in [4.78, 5) is 23.1. The Balaban J connectivity index is 1.76. The molecule has 1 aromatic heterocycles. The minimum absolute atomic E-state index is 0.281. The van der Waals surface area contributed by atoms with Gasteiger partial charge < -0.3 is 25.0 Å². The lowest BCUT2D eigenvalue weighted by Crippen LogP contribution is -2.25. The Morgan fingerprint density at radius 2 is 1.85 bits per heavy atom. The number of aryl methyl sites for hydroxylation is 1. The maximum Gasteiger partial charge on any atom is 0.323 e. The molecule has 1 fully saturated rings. The van der Waals surface area contributed by atoms with Crippen LogP contribution in [0.4, 0.5) is 22.0 Å². The van der Waals surface area contributed by atoms with E-state index in [0.29, 0.717) is 17.2 Å². The summed E-state index contributed by atoms with van der Waals surface area (Å²) < 4.78 is 10.3. The van der Waals surface area contributed by atoms with Crippen LogP contribution in [0.15, 0.2) is 24.4 Å². The molecule has 0 atom stereocenters. The van der Waals surface area contributed by atoms with Crippen molar-refractivity contribution in [2.45, 2.75) is 19.8 Å². The Morgan fingerprint density at radius 1 is 1.12 bits per heavy atom. The van der Waals surface area contributed by atoms with Gasteiger partial charge in [0.15, 0.2) is 5.82 Å². The number of ether oxygens (including phenoxy) is 2. The van der Waals surface area contributed by atoms with Gasteiger partial charge >= 0.3 is 12.0 Å². The highest BCUT2D eigenvalue weighted by Crippen LogP contribution is 2.28. The van der Waals surface area contributed by atoms with Crippen molar-refractivity contribution >= 4 is 23.2 Å². The molecule has 2 N–H and O–H groups in total. The molecular formula is C18H23N5O3. The van der Waals surface area contributed by atoms with Crippen LogP contribution in [-0.2, 0) is 0 Å². The normalized spacial score (nSPS) is 13.4. The molecule has 0 radical (unpaired) electrons. The van der Waals surface area contributed by atoms with Gasteiger partial charge in [0.25, 0.3) is 0 Å². The number of anilines is 3. The van der Waals surface area contributed by atoms with Gasteiger partial charge in [-0.15, -0.1) is 0 Å². The van der Waals surface area contributed by atoms with Crippen molar-refractivity contribution in [3.63, 3.8) is 0 Å². The first-order valence-corrected chi connectivity index (χ1v) is 8.49. The van der Waals surface area contributed by atoms with E-state index in [1.807, 2.05) is 13.0 Å². The van der Waals surface area contributed by atoms with E-state index < -0.39 is 0 Å². The molecular weight excluding hydrogens is 334 g/mol. The number of rotatable bonds is 5. The molecule has 1 aliphatic heterocycles. The second kappa shape index (κ2) is 7.90. The second-order valence-electron chi connectivity index (χ2n) is 6.05. The molecule has 138 valence electrons. The van der Waals surface area contributed by atoms with Gasteiger partial charge in [0.05, 0.1) is 20.4 Å². The first kappa shape index (κ1) is 17.8. The van der Waals surface area contributed by atoms with Crippen LogP contribution in [-0.4, -0.2) is 43.3 Å². The zero-order chi connectivity index (χ0) is 18.5. The minimum atomic E-state index is -0.354. The lowest BCUT2D eigenvalue weighted by molar-refractivity contribution is 0.262. The smallest absolute Gasteiger partial charge is 0.323 e. The number of carbonyl (C=O) groups excluding carboxylic acids is 1. The molecule has 0 bridgehead atoms. The van der Waals surface area contributed by atoms with Crippen LogP contribution >= 0.6 is 0 Å². The Hall–Kier alpha value is -3.03. The number of methoxy groups -OCH3 is 2. The number of urea groups is 1. The van der Waals surface area contributed by atoms with E-state index in [9.17, 15) is 4.79 Å². The molecule has 0 saturated carbocycles. The largest absolute Gasteiger partial charge is 0.497 e. The molecule has 26 heavy (non-hydrogen) atoms. The summed E-state index contributed by atoms with van der Waals surface area (Å²) >= 11 is 0. The average Bonchev–Trinajstić information content (AvgIpc) is 3.18. The van der Waals surface area contributed by atoms with E-state index in [2.05, 4.69) is 25.5 Å². The fraction of sp³-hybridized carbons (Fsp3) is 0.389. The third-order valence-corrected chi connectivity index (χ3v) is 4.26. The van der Waals surface area contributed by atoms with Crippen LogP contribution in [0.5, 0.6) is 11.8 Å². The quantitative estimate of drug-likeness (QED) is 0.855. The molecule has 8 heteroatoms. The third-order valence-electron chi connectivity index (χ3n) is 4.26. The van der Waals surface area contributed by atoms with E-state index in [1.54, 1.807) is 25.4 Å². The summed E-state index contributed by atoms with van der Waals surface area (Å²) in [6.45, 7) is 3.70. The summed E-state index contributed by atoms with van der Waals surface area (Å²) in [5.41, 5.74) is 2.17. The van der Waals surface area contributed by atoms with Gasteiger partial charge in [-0.3, -0.25) is 0 Å². The van der Waals surface area contributed by atoms with E-state index >= 15 is 0 Å². The van der Waals surface area contributed by atoms with Crippen molar-refractivity contribution in [3.8, 4) is 11.8 Å². The molecule has 0 aliphatic carbocycles. The van der Waals surface area contributed by atoms with Crippen LogP contribution in [0.25, 0.3) is 0 Å². The lowest BCUT2D eigenvalue weighted by Gasteiger charge is -2.20. The van der Waals surface area contributed by atoms with Crippen molar-refractivity contribution < 1.29 is 14.3 Å². The third kappa shape index (κ3) is 3.96. The fourth-order valence-corrected chi connectivity index (χ4v) is 2.89. The summed E-state index contributed by atoms with van der Waals surface area (Å²) in [5, 5.41) is 5.68. The number of hydrogen-bond donors (Lipinski definition) is 2. The van der Waals surface area contributed by atoms with Crippen molar-refractivity contribution in [1.29, 1.82) is 0 Å². The fourth-order valence-electron chi connectivity index (χ4n) is 2.89. The molecule has 0 spiro atoms. The van der Waals surface area contributed by atoms with Gasteiger partial charge in [-0.05, 0) is 43.5 Å². The van der Waals surface area contributed by atoms with Gasteiger partial charge in [-0.25, -0.2) is 9.78 Å². The van der Waals surface area contributed by atoms with Gasteiger partial charge in [0, 0.05) is 18.8 Å². The maximum absolute atomic E-state index is 12.5. The van der Waals surface area contributed by atoms with Crippen LogP contribution in [0.2, 0.25) is 0 Å². The number of aromatic nitrogens is 2. The SMILES string of the molecule is COc1ccc(NC(=O)Nc2cnc(OC)nc2N2CCCC2)c(C)c1. The molecule has 1 aliphatic rings. The van der Waals surface area contributed by atoms with E-state index in [4.69, 9.17) is 9.47 Å². The molecule has 2 heterocycles. The Bertz CT molecular complexity index is 790. The van der Waals surface area contributed by atoms with Crippen molar-refractivity contribution in [1.82, 2.24) is 9.97 Å². The van der Waals surface area contributed by atoms with Crippen molar-refractivity contribution in [2.75, 3.05) is 42.8 Å². The zero-order valence-electron chi connectivity index (χ0n) is 15.2. The Labute approximate surface area is 152 Å². The number of hydrogen-bond acceptors (Lipinski definition) is 6. The summed E-state index contributed by atoms with van der Waals surface area (Å²) in [5.74, 6) is 1.42. The monoisotopic (exact) mass is 357 g/mol. The van der Waals surface area contributed by atoms with E-state index in [0.717, 1.165) is 37.2 Å². The molecule has 3 rings (SSSR count). The van der Waals surface area contributed by atoms with Gasteiger partial charge in [0.2, 0.25) is 0 Å². The summed E-state index contributed by atoms with van der Waals surface area (Å²) in [7, 11) is 3.13. The summed E-state index contributed by atoms with van der Waals surface area (Å²) in [6.07, 6.45) is 3.77. The number of nitrogens with zero attached hydrogens (tertiary/aromatic N) is 3. The number of nitrogens with one attached hydrogen (secondary N) is 2. The second-order valence-corrected chi connectivity index (χ2v) is 6.05. The topological polar surface area (TPSA) is 88.6 Å². The molecule has 1 aromatic carbocycles. The Kier molecular flexibility index (Phi) is 5.40. The van der Waals surface area contributed by atoms with Gasteiger partial charge in [-0.1, -0.05) is 0 Å². The number of carbonyl (C=O) groups is 1. The highest BCUT2D eigenvalue weighted by Gasteiger charge is 2.20. The van der Waals surface area contributed by atoms with E-state index in [1.165, 1.54) is 7.11 Å². The van der Waals surface area contributed by atoms with Crippen LogP contribution in [0.1, 0.15) is 18.4 Å². The number of amides is 2. The highest BCUT2D eigenvalue weighted by molar-refractivity contribution is 6.01. The van der Waals surface area contributed by atoms with Crippen LogP contribution in [0, 0.1) is 6.92 Å². The van der Waals surface area contributed by atoms with Crippen molar-refractivity contribution in [3.05, 3.63) is 30.0 Å². The Morgan fingerprint density at radius 3 is 2.50 bits per heavy atom. The molecule has 8 nitrogen and oxygen atoms in total. The van der Waals surface area contributed by atoms with Crippen LogP contribution < -0.4 is 25.0 Å². The van der Waals surface area contributed by atoms with Crippen molar-refractivity contribution in [2.24, 2.45) is 0 Å². The number of benzene rings is 1. The standard InChI is InChI=1S/C18H23N5O3/c1-12-10-13(25-2)6-7-14(12)20-17(24)21-15-11-19-18(26-3)22-16(15)23-8-4-5-9-23/h6-7,10-11H,4-5,8-9H2,1-3H3,(H2,20,21,24). The zero-order valence-corrected chi connectivity index (χ0v) is 15.2. The van der Waals surface area contributed by atoms with Gasteiger partial charge in [-0.2, -0.15) is 4.98 Å². The first-order valence-electron chi connectivity index (χ1n) is 8.49. The predicted octanol–water partition coefficient (Wildman–Crippen LogP) is 3.05. The van der Waals surface area contributed by atoms with Crippen LogP contribution in [0.3, 0.4) is 0 Å². The predicted molar refractivity (Wildman–Crippen MR) is 100 cm³/mol. The molecule has 2 amide bonds. The lowest BCUT2D eigenvalue weighted by atomic mass is 10.2. The summed E-state index contributed by atoms with van der Waals surface area (Å²) in [6, 6.07) is 5.40. The average molecular weight is 357 g/mol. The first-order chi connectivity index (χ1) is 12.6. The van der Waals surface area contributed by atoms with Gasteiger partial charge in [0.1, 0.15) is 11.4 Å². The maximum atomic E-state index is 12.5. The van der Waals surface area contributed by atoms with E-state index in [-0.39, 0.29) is 12.0 Å².